The molecule has 7 heteroatoms. The maximum absolute atomic E-state index is 8.53. The molecule has 2 aromatic rings. The van der Waals surface area contributed by atoms with Crippen LogP contribution in [0.15, 0.2) is 29.4 Å². The minimum atomic E-state index is 0.0943. The van der Waals surface area contributed by atoms with E-state index in [4.69, 9.17) is 10.9 Å². The van der Waals surface area contributed by atoms with Crippen molar-refractivity contribution in [3.05, 3.63) is 41.2 Å². The summed E-state index contributed by atoms with van der Waals surface area (Å²) in [4.78, 5) is 0. The fraction of sp³-hybridized carbons (Fsp3) is 0.200. The highest BCUT2D eigenvalue weighted by Crippen LogP contribution is 2.08. The molecule has 0 unspecified atom stereocenters. The number of aryl methyl sites for hydroxylation is 1. The molecule has 0 saturated heterocycles. The van der Waals surface area contributed by atoms with Crippen LogP contribution in [-0.4, -0.2) is 31.3 Å². The highest BCUT2D eigenvalue weighted by atomic mass is 16.4. The monoisotopic (exact) mass is 232 g/mol. The first-order chi connectivity index (χ1) is 8.20. The number of amidine groups is 1. The minimum Gasteiger partial charge on any atom is -0.409 e. The first-order valence-corrected chi connectivity index (χ1v) is 4.99. The third-order valence-corrected chi connectivity index (χ3v) is 2.43. The molecule has 0 saturated carbocycles. The second-order valence-electron chi connectivity index (χ2n) is 3.58. The molecule has 1 heterocycles. The lowest BCUT2D eigenvalue weighted by atomic mass is 10.1. The third kappa shape index (κ3) is 2.39. The van der Waals surface area contributed by atoms with Crippen LogP contribution in [0, 0.1) is 0 Å². The summed E-state index contributed by atoms with van der Waals surface area (Å²) in [6, 6.07) is 7.35. The smallest absolute Gasteiger partial charge is 0.170 e. The van der Waals surface area contributed by atoms with Gasteiger partial charge in [-0.2, -0.15) is 0 Å². The number of nitrogens with zero attached hydrogens (tertiary/aromatic N) is 5. The SMILES string of the molecule is Cn1nnnc1Cc1ccc(C(N)=NO)cc1. The van der Waals surface area contributed by atoms with E-state index in [1.165, 1.54) is 0 Å². The average molecular weight is 232 g/mol. The van der Waals surface area contributed by atoms with Gasteiger partial charge in [0.15, 0.2) is 11.7 Å². The van der Waals surface area contributed by atoms with Gasteiger partial charge in [0.25, 0.3) is 0 Å². The van der Waals surface area contributed by atoms with Crippen molar-refractivity contribution in [2.45, 2.75) is 6.42 Å². The van der Waals surface area contributed by atoms with Crippen LogP contribution in [0.4, 0.5) is 0 Å². The molecule has 1 aromatic heterocycles. The molecule has 0 aliphatic carbocycles. The van der Waals surface area contributed by atoms with Gasteiger partial charge in [-0.1, -0.05) is 29.4 Å². The Morgan fingerprint density at radius 2 is 2.12 bits per heavy atom. The predicted octanol–water partition coefficient (Wildman–Crippen LogP) is -0.105. The van der Waals surface area contributed by atoms with E-state index >= 15 is 0 Å². The Kier molecular flexibility index (Phi) is 2.99. The summed E-state index contributed by atoms with van der Waals surface area (Å²) in [5, 5.41) is 22.7. The van der Waals surface area contributed by atoms with E-state index in [1.54, 1.807) is 23.9 Å². The van der Waals surface area contributed by atoms with Crippen LogP contribution in [0.2, 0.25) is 0 Å². The van der Waals surface area contributed by atoms with Crippen molar-refractivity contribution in [1.29, 1.82) is 0 Å². The lowest BCUT2D eigenvalue weighted by Gasteiger charge is -2.02. The van der Waals surface area contributed by atoms with Gasteiger partial charge in [0.1, 0.15) is 0 Å². The van der Waals surface area contributed by atoms with Crippen LogP contribution in [0.25, 0.3) is 0 Å². The molecule has 17 heavy (non-hydrogen) atoms. The lowest BCUT2D eigenvalue weighted by Crippen LogP contribution is -2.12. The van der Waals surface area contributed by atoms with E-state index in [9.17, 15) is 0 Å². The van der Waals surface area contributed by atoms with Crippen molar-refractivity contribution in [3.8, 4) is 0 Å². The number of oxime groups is 1. The molecule has 7 nitrogen and oxygen atoms in total. The molecular formula is C10H12N6O. The molecule has 88 valence electrons. The summed E-state index contributed by atoms with van der Waals surface area (Å²) >= 11 is 0. The van der Waals surface area contributed by atoms with E-state index in [-0.39, 0.29) is 5.84 Å². The molecule has 0 atom stereocenters. The van der Waals surface area contributed by atoms with Gasteiger partial charge in [0, 0.05) is 19.0 Å². The highest BCUT2D eigenvalue weighted by Gasteiger charge is 2.04. The van der Waals surface area contributed by atoms with Crippen molar-refractivity contribution >= 4 is 5.84 Å². The Morgan fingerprint density at radius 3 is 2.65 bits per heavy atom. The Bertz CT molecular complexity index is 530. The number of tetrazole rings is 1. The van der Waals surface area contributed by atoms with Gasteiger partial charge in [-0.15, -0.1) is 5.10 Å². The summed E-state index contributed by atoms with van der Waals surface area (Å²) < 4.78 is 1.62. The first-order valence-electron chi connectivity index (χ1n) is 4.99. The van der Waals surface area contributed by atoms with E-state index in [0.29, 0.717) is 12.0 Å². The van der Waals surface area contributed by atoms with Crippen LogP contribution in [0.1, 0.15) is 17.0 Å². The van der Waals surface area contributed by atoms with Gasteiger partial charge < -0.3 is 10.9 Å². The number of hydrogen-bond acceptors (Lipinski definition) is 5. The summed E-state index contributed by atoms with van der Waals surface area (Å²) in [6.07, 6.45) is 0.639. The largest absolute Gasteiger partial charge is 0.409 e. The lowest BCUT2D eigenvalue weighted by molar-refractivity contribution is 0.318. The van der Waals surface area contributed by atoms with Crippen LogP contribution in [0.5, 0.6) is 0 Å². The Hall–Kier alpha value is -2.44. The molecule has 0 aliphatic heterocycles. The third-order valence-electron chi connectivity index (χ3n) is 2.43. The summed E-state index contributed by atoms with van der Waals surface area (Å²) in [6.45, 7) is 0. The zero-order valence-corrected chi connectivity index (χ0v) is 9.28. The van der Waals surface area contributed by atoms with Gasteiger partial charge in [-0.25, -0.2) is 4.68 Å². The molecular weight excluding hydrogens is 220 g/mol. The van der Waals surface area contributed by atoms with E-state index in [0.717, 1.165) is 11.4 Å². The molecule has 0 bridgehead atoms. The van der Waals surface area contributed by atoms with E-state index in [2.05, 4.69) is 20.7 Å². The highest BCUT2D eigenvalue weighted by molar-refractivity contribution is 5.96. The van der Waals surface area contributed by atoms with Crippen molar-refractivity contribution in [1.82, 2.24) is 20.2 Å². The van der Waals surface area contributed by atoms with E-state index < -0.39 is 0 Å². The van der Waals surface area contributed by atoms with Crippen molar-refractivity contribution in [3.63, 3.8) is 0 Å². The number of hydrogen-bond donors (Lipinski definition) is 2. The van der Waals surface area contributed by atoms with Crippen LogP contribution >= 0.6 is 0 Å². The van der Waals surface area contributed by atoms with Gasteiger partial charge >= 0.3 is 0 Å². The Balaban J connectivity index is 2.17. The summed E-state index contributed by atoms with van der Waals surface area (Å²) in [7, 11) is 1.79. The average Bonchev–Trinajstić information content (AvgIpc) is 2.75. The number of aromatic nitrogens is 4. The fourth-order valence-electron chi connectivity index (χ4n) is 1.43. The molecule has 0 radical (unpaired) electrons. The van der Waals surface area contributed by atoms with Gasteiger partial charge in [-0.05, 0) is 16.0 Å². The van der Waals surface area contributed by atoms with Gasteiger partial charge in [-0.3, -0.25) is 0 Å². The standard InChI is InChI=1S/C10H12N6O/c1-16-9(12-14-15-16)6-7-2-4-8(5-3-7)10(11)13-17/h2-5,17H,6H2,1H3,(H2,11,13). The Morgan fingerprint density at radius 1 is 1.41 bits per heavy atom. The Labute approximate surface area is 97.6 Å². The van der Waals surface area contributed by atoms with E-state index in [1.807, 2.05) is 12.1 Å². The van der Waals surface area contributed by atoms with Crippen LogP contribution in [-0.2, 0) is 13.5 Å². The zero-order chi connectivity index (χ0) is 12.3. The van der Waals surface area contributed by atoms with Crippen LogP contribution in [0.3, 0.4) is 0 Å². The van der Waals surface area contributed by atoms with Crippen molar-refractivity contribution < 1.29 is 5.21 Å². The summed E-state index contributed by atoms with van der Waals surface area (Å²) in [5.74, 6) is 0.874. The first kappa shape index (κ1) is 11.1. The number of benzene rings is 1. The van der Waals surface area contributed by atoms with Crippen molar-refractivity contribution in [2.24, 2.45) is 17.9 Å². The molecule has 0 amide bonds. The molecule has 1 aromatic carbocycles. The molecule has 0 fully saturated rings. The van der Waals surface area contributed by atoms with Crippen LogP contribution < -0.4 is 5.73 Å². The molecule has 2 rings (SSSR count). The van der Waals surface area contributed by atoms with Gasteiger partial charge in [0.2, 0.25) is 0 Å². The predicted molar refractivity (Wildman–Crippen MR) is 60.6 cm³/mol. The quantitative estimate of drug-likeness (QED) is 0.333. The number of nitrogens with two attached hydrogens (primary N) is 1. The molecule has 0 spiro atoms. The normalized spacial score (nSPS) is 11.7. The second-order valence-corrected chi connectivity index (χ2v) is 3.58. The number of rotatable bonds is 3. The maximum atomic E-state index is 8.53. The molecule has 0 aliphatic rings. The second kappa shape index (κ2) is 4.60. The fourth-order valence-corrected chi connectivity index (χ4v) is 1.43. The summed E-state index contributed by atoms with van der Waals surface area (Å²) in [5.41, 5.74) is 7.19. The maximum Gasteiger partial charge on any atom is 0.170 e. The minimum absolute atomic E-state index is 0.0943. The van der Waals surface area contributed by atoms with Crippen molar-refractivity contribution in [2.75, 3.05) is 0 Å². The van der Waals surface area contributed by atoms with Gasteiger partial charge in [0.05, 0.1) is 0 Å². The topological polar surface area (TPSA) is 102 Å². The zero-order valence-electron chi connectivity index (χ0n) is 9.28. The molecule has 3 N–H and O–H groups in total.